The van der Waals surface area contributed by atoms with Gasteiger partial charge in [-0.25, -0.2) is 4.79 Å². The number of ether oxygens (including phenoxy) is 3. The largest absolute Gasteiger partial charge is 0.493 e. The van der Waals surface area contributed by atoms with Crippen molar-refractivity contribution in [1.29, 1.82) is 0 Å². The minimum Gasteiger partial charge on any atom is -0.493 e. The number of imide groups is 2. The Hall–Kier alpha value is -4.26. The molecule has 0 atom stereocenters. The maximum absolute atomic E-state index is 13.3. The van der Waals surface area contributed by atoms with Gasteiger partial charge in [0, 0.05) is 5.02 Å². The third kappa shape index (κ3) is 7.22. The molecule has 14 heteroatoms. The van der Waals surface area contributed by atoms with E-state index in [1.807, 2.05) is 6.92 Å². The number of carbonyl (C=O) groups excluding carboxylic acids is 3. The monoisotopic (exact) mass is 648 g/mol. The Morgan fingerprint density at radius 1 is 0.907 bits per heavy atom. The van der Waals surface area contributed by atoms with E-state index in [-0.39, 0.29) is 39.1 Å². The number of hydrogen-bond donors (Lipinski definition) is 1. The van der Waals surface area contributed by atoms with Gasteiger partial charge in [0.25, 0.3) is 11.8 Å². The highest BCUT2D eigenvalue weighted by Gasteiger charge is 2.36. The zero-order chi connectivity index (χ0) is 31.3. The predicted octanol–water partition coefficient (Wildman–Crippen LogP) is 5.23. The van der Waals surface area contributed by atoms with Crippen LogP contribution in [-0.4, -0.2) is 52.0 Å². The van der Waals surface area contributed by atoms with E-state index in [0.717, 1.165) is 11.3 Å². The van der Waals surface area contributed by atoms with Gasteiger partial charge in [0.1, 0.15) is 10.5 Å². The fraction of sp³-hybridized carbons (Fsp3) is 0.207. The maximum Gasteiger partial charge on any atom is 0.339 e. The topological polar surface area (TPSA) is 138 Å². The van der Waals surface area contributed by atoms with Crippen molar-refractivity contribution in [3.63, 3.8) is 0 Å². The van der Waals surface area contributed by atoms with Gasteiger partial charge in [-0.05, 0) is 72.2 Å². The molecule has 1 N–H and O–H groups in total. The van der Waals surface area contributed by atoms with Gasteiger partial charge in [-0.2, -0.15) is 8.42 Å². The van der Waals surface area contributed by atoms with E-state index >= 15 is 0 Å². The standard InChI is InChI=1S/C29H26Cl2N2O9S/c1-4-11-41-23-10-5-17(14-24(23)39-2)16-33-28(35)21(27(34)32-29(33)36)12-18-13-22(31)26(25(15-18)40-3)42-43(37,38)20-8-6-19(30)7-9-20/h5-10,12-15H,4,11,16H2,1-3H3,(H,32,34,36)/b21-12+. The zero-order valence-electron chi connectivity index (χ0n) is 23.2. The summed E-state index contributed by atoms with van der Waals surface area (Å²) in [4.78, 5) is 39.3. The molecule has 1 saturated heterocycles. The van der Waals surface area contributed by atoms with Crippen molar-refractivity contribution >= 4 is 57.2 Å². The second-order valence-corrected chi connectivity index (χ2v) is 11.5. The molecule has 3 aromatic rings. The molecule has 0 saturated carbocycles. The van der Waals surface area contributed by atoms with E-state index in [4.69, 9.17) is 41.6 Å². The highest BCUT2D eigenvalue weighted by atomic mass is 35.5. The van der Waals surface area contributed by atoms with Crippen molar-refractivity contribution in [2.75, 3.05) is 20.8 Å². The second-order valence-electron chi connectivity index (χ2n) is 9.07. The van der Waals surface area contributed by atoms with Gasteiger partial charge in [-0.1, -0.05) is 36.2 Å². The zero-order valence-corrected chi connectivity index (χ0v) is 25.5. The first kappa shape index (κ1) is 31.7. The minimum atomic E-state index is -4.32. The number of carbonyl (C=O) groups is 3. The number of barbiturate groups is 1. The maximum atomic E-state index is 13.3. The summed E-state index contributed by atoms with van der Waals surface area (Å²) in [6, 6.07) is 12.0. The summed E-state index contributed by atoms with van der Waals surface area (Å²) in [5.74, 6) is -1.25. The van der Waals surface area contributed by atoms with Crippen LogP contribution in [0.4, 0.5) is 4.79 Å². The van der Waals surface area contributed by atoms with E-state index in [9.17, 15) is 22.8 Å². The number of benzene rings is 3. The van der Waals surface area contributed by atoms with Crippen LogP contribution in [0.5, 0.6) is 23.0 Å². The fourth-order valence-corrected chi connectivity index (χ4v) is 5.38. The molecule has 1 aliphatic heterocycles. The van der Waals surface area contributed by atoms with Crippen LogP contribution in [0.25, 0.3) is 6.08 Å². The van der Waals surface area contributed by atoms with Gasteiger partial charge in [0.15, 0.2) is 17.2 Å². The lowest BCUT2D eigenvalue weighted by atomic mass is 10.1. The van der Waals surface area contributed by atoms with Crippen molar-refractivity contribution < 1.29 is 41.2 Å². The molecular formula is C29H26Cl2N2O9S. The van der Waals surface area contributed by atoms with Crippen molar-refractivity contribution in [3.05, 3.63) is 81.3 Å². The Morgan fingerprint density at radius 3 is 2.26 bits per heavy atom. The number of urea groups is 1. The van der Waals surface area contributed by atoms with Gasteiger partial charge in [0.05, 0.1) is 32.4 Å². The average molecular weight is 650 g/mol. The van der Waals surface area contributed by atoms with E-state index < -0.39 is 28.0 Å². The van der Waals surface area contributed by atoms with Crippen LogP contribution in [0.3, 0.4) is 0 Å². The highest BCUT2D eigenvalue weighted by molar-refractivity contribution is 7.87. The number of hydrogen-bond acceptors (Lipinski definition) is 9. The predicted molar refractivity (Wildman–Crippen MR) is 158 cm³/mol. The highest BCUT2D eigenvalue weighted by Crippen LogP contribution is 2.39. The van der Waals surface area contributed by atoms with E-state index in [2.05, 4.69) is 5.32 Å². The number of nitrogens with zero attached hydrogens (tertiary/aromatic N) is 1. The van der Waals surface area contributed by atoms with Gasteiger partial charge in [-0.3, -0.25) is 19.8 Å². The summed E-state index contributed by atoms with van der Waals surface area (Å²) in [6.45, 7) is 2.28. The summed E-state index contributed by atoms with van der Waals surface area (Å²) in [5.41, 5.74) is 0.381. The number of amides is 4. The second kappa shape index (κ2) is 13.4. The summed E-state index contributed by atoms with van der Waals surface area (Å²) in [6.07, 6.45) is 2.00. The molecule has 1 fully saturated rings. The summed E-state index contributed by atoms with van der Waals surface area (Å²) in [5, 5.41) is 2.31. The lowest BCUT2D eigenvalue weighted by Gasteiger charge is -2.26. The summed E-state index contributed by atoms with van der Waals surface area (Å²) in [7, 11) is -1.59. The van der Waals surface area contributed by atoms with Crippen molar-refractivity contribution in [2.24, 2.45) is 0 Å². The molecule has 0 aliphatic carbocycles. The normalized spacial score (nSPS) is 14.5. The van der Waals surface area contributed by atoms with Crippen LogP contribution in [-0.2, 0) is 26.3 Å². The minimum absolute atomic E-state index is 0.0917. The number of halogens is 2. The molecule has 4 amide bonds. The Balaban J connectivity index is 1.62. The van der Waals surface area contributed by atoms with Crippen LogP contribution in [0.15, 0.2) is 65.1 Å². The molecule has 4 rings (SSSR count). The van der Waals surface area contributed by atoms with E-state index in [1.165, 1.54) is 56.7 Å². The van der Waals surface area contributed by atoms with E-state index in [0.29, 0.717) is 28.7 Å². The molecule has 1 aliphatic rings. The van der Waals surface area contributed by atoms with Gasteiger partial charge in [-0.15, -0.1) is 0 Å². The first-order valence-corrected chi connectivity index (χ1v) is 14.9. The summed E-state index contributed by atoms with van der Waals surface area (Å²) < 4.78 is 47.2. The van der Waals surface area contributed by atoms with Crippen LogP contribution >= 0.6 is 23.2 Å². The van der Waals surface area contributed by atoms with Crippen LogP contribution in [0.1, 0.15) is 24.5 Å². The van der Waals surface area contributed by atoms with Crippen molar-refractivity contribution in [2.45, 2.75) is 24.8 Å². The molecule has 43 heavy (non-hydrogen) atoms. The number of rotatable bonds is 11. The number of nitrogens with one attached hydrogen (secondary N) is 1. The first-order chi connectivity index (χ1) is 20.5. The molecule has 11 nitrogen and oxygen atoms in total. The van der Waals surface area contributed by atoms with E-state index in [1.54, 1.807) is 18.2 Å². The fourth-order valence-electron chi connectivity index (χ4n) is 3.99. The smallest absolute Gasteiger partial charge is 0.339 e. The number of methoxy groups -OCH3 is 2. The van der Waals surface area contributed by atoms with Gasteiger partial charge >= 0.3 is 16.1 Å². The average Bonchev–Trinajstić information content (AvgIpc) is 2.97. The molecular weight excluding hydrogens is 623 g/mol. The van der Waals surface area contributed by atoms with Crippen molar-refractivity contribution in [1.82, 2.24) is 10.2 Å². The summed E-state index contributed by atoms with van der Waals surface area (Å²) >= 11 is 12.2. The molecule has 1 heterocycles. The molecule has 0 spiro atoms. The Kier molecular flexibility index (Phi) is 9.84. The van der Waals surface area contributed by atoms with Gasteiger partial charge < -0.3 is 18.4 Å². The van der Waals surface area contributed by atoms with Crippen molar-refractivity contribution in [3.8, 4) is 23.0 Å². The molecule has 0 bridgehead atoms. The van der Waals surface area contributed by atoms with Crippen LogP contribution in [0.2, 0.25) is 10.0 Å². The molecule has 0 aromatic heterocycles. The first-order valence-electron chi connectivity index (χ1n) is 12.7. The molecule has 3 aromatic carbocycles. The molecule has 226 valence electrons. The Bertz CT molecular complexity index is 1710. The third-order valence-electron chi connectivity index (χ3n) is 6.07. The lowest BCUT2D eigenvalue weighted by molar-refractivity contribution is -0.130. The van der Waals surface area contributed by atoms with Crippen LogP contribution in [0, 0.1) is 0 Å². The Labute approximate surface area is 258 Å². The van der Waals surface area contributed by atoms with Gasteiger partial charge in [0.2, 0.25) is 5.75 Å². The SMILES string of the molecule is CCCOc1ccc(CN2C(=O)NC(=O)/C(=C\c3cc(Cl)c(OS(=O)(=O)c4ccc(Cl)cc4)c(OC)c3)C2=O)cc1OC. The third-order valence-corrected chi connectivity index (χ3v) is 7.84. The molecule has 0 radical (unpaired) electrons. The quantitative estimate of drug-likeness (QED) is 0.168. The van der Waals surface area contributed by atoms with Crippen LogP contribution < -0.4 is 23.7 Å². The Morgan fingerprint density at radius 2 is 1.60 bits per heavy atom. The molecule has 0 unspecified atom stereocenters. The lowest BCUT2D eigenvalue weighted by Crippen LogP contribution is -2.53.